The molecule has 0 aliphatic carbocycles. The molecule has 1 amide bonds. The van der Waals surface area contributed by atoms with Crippen LogP contribution in [0.3, 0.4) is 0 Å². The number of hydrogen-bond acceptors (Lipinski definition) is 6. The zero-order valence-corrected chi connectivity index (χ0v) is 18.9. The van der Waals surface area contributed by atoms with Crippen molar-refractivity contribution in [3.05, 3.63) is 89.5 Å². The summed E-state index contributed by atoms with van der Waals surface area (Å²) in [5.74, 6) is 2.08. The molecule has 0 saturated carbocycles. The zero-order chi connectivity index (χ0) is 23.4. The lowest BCUT2D eigenvalue weighted by Crippen LogP contribution is -2.46. The molecule has 1 aliphatic heterocycles. The Labute approximate surface area is 193 Å². The molecule has 0 bridgehead atoms. The monoisotopic (exact) mass is 449 g/mol. The number of carbonyl (C=O) groups is 1. The summed E-state index contributed by atoms with van der Waals surface area (Å²) in [5.41, 5.74) is 0.498. The van der Waals surface area contributed by atoms with E-state index in [1.54, 1.807) is 69.9 Å². The molecule has 3 aromatic rings. The van der Waals surface area contributed by atoms with Crippen LogP contribution in [0.25, 0.3) is 0 Å². The molecule has 1 fully saturated rings. The van der Waals surface area contributed by atoms with Gasteiger partial charge in [-0.25, -0.2) is 4.79 Å². The van der Waals surface area contributed by atoms with E-state index < -0.39 is 17.9 Å². The predicted molar refractivity (Wildman–Crippen MR) is 123 cm³/mol. The molecule has 0 aromatic heterocycles. The number of rotatable bonds is 8. The third kappa shape index (κ3) is 4.32. The molecule has 2 atom stereocenters. The Morgan fingerprint density at radius 3 is 1.82 bits per heavy atom. The quantitative estimate of drug-likeness (QED) is 0.553. The summed E-state index contributed by atoms with van der Waals surface area (Å²) in [6.07, 6.45) is -0.963. The van der Waals surface area contributed by atoms with Gasteiger partial charge in [-0.15, -0.1) is 0 Å². The highest BCUT2D eigenvalue weighted by Gasteiger charge is 2.55. The van der Waals surface area contributed by atoms with Gasteiger partial charge in [-0.1, -0.05) is 36.4 Å². The Balaban J connectivity index is 1.68. The van der Waals surface area contributed by atoms with Crippen LogP contribution < -0.4 is 14.2 Å². The minimum absolute atomic E-state index is 0.264. The van der Waals surface area contributed by atoms with E-state index in [0.29, 0.717) is 29.0 Å². The molecule has 1 N–H and O–H groups in total. The van der Waals surface area contributed by atoms with E-state index in [0.717, 1.165) is 11.3 Å². The molecule has 0 spiro atoms. The van der Waals surface area contributed by atoms with Crippen molar-refractivity contribution in [1.29, 1.82) is 0 Å². The largest absolute Gasteiger partial charge is 0.497 e. The highest BCUT2D eigenvalue weighted by Crippen LogP contribution is 2.47. The highest BCUT2D eigenvalue weighted by atomic mass is 16.6. The van der Waals surface area contributed by atoms with Crippen LogP contribution in [0.4, 0.5) is 4.79 Å². The Morgan fingerprint density at radius 1 is 0.818 bits per heavy atom. The number of benzene rings is 3. The lowest BCUT2D eigenvalue weighted by Gasteiger charge is -2.35. The number of carbonyl (C=O) groups excluding carboxylic acids is 1. The first-order valence-electron chi connectivity index (χ1n) is 10.6. The molecule has 1 saturated heterocycles. The molecule has 4 rings (SSSR count). The fourth-order valence-corrected chi connectivity index (χ4v) is 4.04. The number of nitrogens with zero attached hydrogens (tertiary/aromatic N) is 1. The van der Waals surface area contributed by atoms with E-state index in [1.165, 1.54) is 4.90 Å². The smallest absolute Gasteiger partial charge is 0.413 e. The molecule has 33 heavy (non-hydrogen) atoms. The van der Waals surface area contributed by atoms with E-state index in [1.807, 2.05) is 24.3 Å². The van der Waals surface area contributed by atoms with Gasteiger partial charge < -0.3 is 24.1 Å². The number of amides is 1. The summed E-state index contributed by atoms with van der Waals surface area (Å²) in [5, 5.41) is 12.0. The molecule has 7 heteroatoms. The summed E-state index contributed by atoms with van der Waals surface area (Å²) >= 11 is 0. The minimum Gasteiger partial charge on any atom is -0.497 e. The Hall–Kier alpha value is -3.71. The maximum Gasteiger partial charge on any atom is 0.413 e. The normalized spacial score (nSPS) is 19.8. The summed E-state index contributed by atoms with van der Waals surface area (Å²) in [7, 11) is 4.77. The van der Waals surface area contributed by atoms with Gasteiger partial charge >= 0.3 is 6.09 Å². The highest BCUT2D eigenvalue weighted by molar-refractivity contribution is 5.72. The summed E-state index contributed by atoms with van der Waals surface area (Å²) in [6, 6.07) is 21.7. The fraction of sp³-hybridized carbons (Fsp3) is 0.269. The van der Waals surface area contributed by atoms with Crippen LogP contribution in [0.1, 0.15) is 22.8 Å². The average Bonchev–Trinajstić information content (AvgIpc) is 3.13. The van der Waals surface area contributed by atoms with E-state index in [-0.39, 0.29) is 6.54 Å². The van der Waals surface area contributed by atoms with Gasteiger partial charge in [0.2, 0.25) is 5.72 Å². The van der Waals surface area contributed by atoms with Crippen LogP contribution in [0.15, 0.2) is 72.8 Å². The summed E-state index contributed by atoms with van der Waals surface area (Å²) in [6.45, 7) is 0.264. The van der Waals surface area contributed by atoms with Gasteiger partial charge in [0.15, 0.2) is 6.10 Å². The maximum absolute atomic E-state index is 13.0. The van der Waals surface area contributed by atoms with Crippen molar-refractivity contribution in [2.24, 2.45) is 0 Å². The van der Waals surface area contributed by atoms with Gasteiger partial charge in [-0.05, 0) is 53.9 Å². The Bertz CT molecular complexity index is 1080. The molecule has 7 nitrogen and oxygen atoms in total. The van der Waals surface area contributed by atoms with Gasteiger partial charge in [-0.2, -0.15) is 0 Å². The third-order valence-corrected chi connectivity index (χ3v) is 5.93. The summed E-state index contributed by atoms with van der Waals surface area (Å²) in [4.78, 5) is 14.4. The molecule has 1 heterocycles. The zero-order valence-electron chi connectivity index (χ0n) is 18.9. The topological polar surface area (TPSA) is 77.5 Å². The molecular weight excluding hydrogens is 422 g/mol. The number of methoxy groups -OCH3 is 3. The lowest BCUT2D eigenvalue weighted by molar-refractivity contribution is -0.109. The molecule has 0 radical (unpaired) electrons. The van der Waals surface area contributed by atoms with Crippen LogP contribution in [0, 0.1) is 0 Å². The van der Waals surface area contributed by atoms with E-state index in [9.17, 15) is 9.90 Å². The van der Waals surface area contributed by atoms with Crippen molar-refractivity contribution in [2.75, 3.05) is 27.9 Å². The number of cyclic esters (lactones) is 1. The number of hydrogen-bond donors (Lipinski definition) is 1. The number of ether oxygens (including phenoxy) is 4. The predicted octanol–water partition coefficient (Wildman–Crippen LogP) is 4.29. The van der Waals surface area contributed by atoms with Crippen LogP contribution in [0.2, 0.25) is 0 Å². The van der Waals surface area contributed by atoms with Crippen molar-refractivity contribution < 1.29 is 28.8 Å². The van der Waals surface area contributed by atoms with Crippen molar-refractivity contribution >= 4 is 6.09 Å². The van der Waals surface area contributed by atoms with E-state index in [2.05, 4.69) is 0 Å². The Kier molecular flexibility index (Phi) is 6.42. The van der Waals surface area contributed by atoms with Crippen molar-refractivity contribution in [1.82, 2.24) is 4.90 Å². The van der Waals surface area contributed by atoms with E-state index >= 15 is 0 Å². The van der Waals surface area contributed by atoms with Crippen molar-refractivity contribution in [3.63, 3.8) is 0 Å². The molecule has 172 valence electrons. The molecular formula is C26H27NO6. The van der Waals surface area contributed by atoms with Crippen LogP contribution in [-0.4, -0.2) is 44.0 Å². The van der Waals surface area contributed by atoms with Gasteiger partial charge in [0.05, 0.1) is 21.3 Å². The second kappa shape index (κ2) is 9.42. The maximum atomic E-state index is 13.0. The van der Waals surface area contributed by atoms with Crippen LogP contribution >= 0.6 is 0 Å². The Morgan fingerprint density at radius 2 is 1.30 bits per heavy atom. The van der Waals surface area contributed by atoms with Gasteiger partial charge in [0.25, 0.3) is 0 Å². The minimum atomic E-state index is -1.70. The fourth-order valence-electron chi connectivity index (χ4n) is 4.04. The van der Waals surface area contributed by atoms with Gasteiger partial charge in [0.1, 0.15) is 17.2 Å². The molecule has 1 aliphatic rings. The van der Waals surface area contributed by atoms with Crippen LogP contribution in [-0.2, 0) is 16.9 Å². The second-order valence-corrected chi connectivity index (χ2v) is 7.74. The van der Waals surface area contributed by atoms with E-state index in [4.69, 9.17) is 18.9 Å². The summed E-state index contributed by atoms with van der Waals surface area (Å²) < 4.78 is 21.4. The molecule has 3 aromatic carbocycles. The SMILES string of the molecule is COc1ccc(CCN2C(=O)O[C@@H](c3ccc(OC)cc3)[C@]2(O)c2ccc(OC)cc2)cc1. The van der Waals surface area contributed by atoms with Gasteiger partial charge in [0, 0.05) is 12.1 Å². The number of aliphatic hydroxyl groups is 1. The first-order chi connectivity index (χ1) is 16.0. The first kappa shape index (κ1) is 22.5. The first-order valence-corrected chi connectivity index (χ1v) is 10.6. The van der Waals surface area contributed by atoms with Crippen LogP contribution in [0.5, 0.6) is 17.2 Å². The lowest BCUT2D eigenvalue weighted by atomic mass is 9.91. The van der Waals surface area contributed by atoms with Gasteiger partial charge in [-0.3, -0.25) is 4.90 Å². The average molecular weight is 450 g/mol. The van der Waals surface area contributed by atoms with Crippen molar-refractivity contribution in [2.45, 2.75) is 18.2 Å². The second-order valence-electron chi connectivity index (χ2n) is 7.74. The third-order valence-electron chi connectivity index (χ3n) is 5.93. The standard InChI is InChI=1S/C26H27NO6/c1-30-21-10-4-18(5-11-21)16-17-27-25(28)33-24(19-6-12-22(31-2)13-7-19)26(27,29)20-8-14-23(32-3)15-9-20/h4-15,24,29H,16-17H2,1-3H3/t24-,26+/m0/s1. The van der Waals surface area contributed by atoms with Crippen molar-refractivity contribution in [3.8, 4) is 17.2 Å². The molecule has 0 unspecified atom stereocenters.